The van der Waals surface area contributed by atoms with Gasteiger partial charge in [0, 0.05) is 11.0 Å². The number of hydrogen-bond acceptors (Lipinski definition) is 4. The van der Waals surface area contributed by atoms with Crippen LogP contribution in [-0.4, -0.2) is 29.2 Å². The SMILES string of the molecule is O=C(CCN1C(=O)[C@@H]2[C@H](C1=O)[C@H]1C=C[C@H]2C1)Oc1ccc(Br)cc1. The molecule has 3 aliphatic rings. The number of likely N-dealkylation sites (tertiary alicyclic amines) is 1. The monoisotopic (exact) mass is 389 g/mol. The van der Waals surface area contributed by atoms with Crippen LogP contribution < -0.4 is 4.74 Å². The number of imide groups is 1. The zero-order valence-corrected chi connectivity index (χ0v) is 14.4. The third kappa shape index (κ3) is 2.49. The fourth-order valence-electron chi connectivity index (χ4n) is 4.07. The molecular weight excluding hydrogens is 374 g/mol. The highest BCUT2D eigenvalue weighted by Gasteiger charge is 2.59. The number of benzene rings is 1. The van der Waals surface area contributed by atoms with Crippen molar-refractivity contribution in [3.63, 3.8) is 0 Å². The maximum absolute atomic E-state index is 12.5. The first kappa shape index (κ1) is 15.6. The topological polar surface area (TPSA) is 63.7 Å². The molecule has 1 heterocycles. The third-order valence-corrected chi connectivity index (χ3v) is 5.68. The van der Waals surface area contributed by atoms with Gasteiger partial charge in [0.05, 0.1) is 18.3 Å². The number of nitrogens with zero attached hydrogens (tertiary/aromatic N) is 1. The minimum Gasteiger partial charge on any atom is -0.426 e. The van der Waals surface area contributed by atoms with Crippen molar-refractivity contribution in [2.24, 2.45) is 23.7 Å². The Morgan fingerprint density at radius 1 is 1.08 bits per heavy atom. The number of esters is 1. The average molecular weight is 390 g/mol. The highest BCUT2D eigenvalue weighted by atomic mass is 79.9. The molecule has 4 rings (SSSR count). The molecule has 0 N–H and O–H groups in total. The Hall–Kier alpha value is -1.95. The molecule has 1 saturated heterocycles. The van der Waals surface area contributed by atoms with Crippen molar-refractivity contribution in [3.05, 3.63) is 40.9 Å². The van der Waals surface area contributed by atoms with E-state index in [1.807, 2.05) is 0 Å². The highest BCUT2D eigenvalue weighted by molar-refractivity contribution is 9.10. The molecular formula is C18H16BrNO4. The van der Waals surface area contributed by atoms with Crippen LogP contribution in [0.1, 0.15) is 12.8 Å². The molecule has 4 atom stereocenters. The van der Waals surface area contributed by atoms with Crippen LogP contribution >= 0.6 is 15.9 Å². The van der Waals surface area contributed by atoms with Crippen LogP contribution in [0.5, 0.6) is 5.75 Å². The van der Waals surface area contributed by atoms with Crippen LogP contribution in [0.25, 0.3) is 0 Å². The Labute approximate surface area is 147 Å². The van der Waals surface area contributed by atoms with Crippen LogP contribution in [0.2, 0.25) is 0 Å². The van der Waals surface area contributed by atoms with E-state index in [2.05, 4.69) is 28.1 Å². The van der Waals surface area contributed by atoms with Crippen molar-refractivity contribution >= 4 is 33.7 Å². The second-order valence-corrected chi connectivity index (χ2v) is 7.42. The Balaban J connectivity index is 1.36. The molecule has 24 heavy (non-hydrogen) atoms. The predicted molar refractivity (Wildman–Crippen MR) is 88.8 cm³/mol. The molecule has 5 nitrogen and oxygen atoms in total. The Kier molecular flexibility index (Phi) is 3.79. The summed E-state index contributed by atoms with van der Waals surface area (Å²) in [5.41, 5.74) is 0. The molecule has 2 aliphatic carbocycles. The van der Waals surface area contributed by atoms with Gasteiger partial charge in [-0.15, -0.1) is 0 Å². The minimum atomic E-state index is -0.448. The van der Waals surface area contributed by atoms with Crippen molar-refractivity contribution in [1.82, 2.24) is 4.90 Å². The summed E-state index contributed by atoms with van der Waals surface area (Å²) in [6, 6.07) is 6.92. The van der Waals surface area contributed by atoms with E-state index in [4.69, 9.17) is 4.74 Å². The first-order valence-electron chi connectivity index (χ1n) is 8.04. The van der Waals surface area contributed by atoms with Crippen LogP contribution in [0, 0.1) is 23.7 Å². The van der Waals surface area contributed by atoms with Gasteiger partial charge in [-0.05, 0) is 42.5 Å². The smallest absolute Gasteiger partial charge is 0.312 e. The summed E-state index contributed by atoms with van der Waals surface area (Å²) in [6.45, 7) is 0.0967. The maximum atomic E-state index is 12.5. The normalized spacial score (nSPS) is 30.1. The van der Waals surface area contributed by atoms with Crippen molar-refractivity contribution in [2.75, 3.05) is 6.54 Å². The number of hydrogen-bond donors (Lipinski definition) is 0. The molecule has 2 fully saturated rings. The Morgan fingerprint density at radius 3 is 2.25 bits per heavy atom. The molecule has 0 radical (unpaired) electrons. The fraction of sp³-hybridized carbons (Fsp3) is 0.389. The van der Waals surface area contributed by atoms with E-state index < -0.39 is 5.97 Å². The lowest BCUT2D eigenvalue weighted by atomic mass is 9.85. The van der Waals surface area contributed by atoms with E-state index in [1.54, 1.807) is 24.3 Å². The van der Waals surface area contributed by atoms with Gasteiger partial charge in [-0.3, -0.25) is 19.3 Å². The summed E-state index contributed by atoms with van der Waals surface area (Å²) in [7, 11) is 0. The maximum Gasteiger partial charge on any atom is 0.312 e. The van der Waals surface area contributed by atoms with Gasteiger partial charge in [0.25, 0.3) is 0 Å². The first-order chi connectivity index (χ1) is 11.5. The van der Waals surface area contributed by atoms with Crippen molar-refractivity contribution in [3.8, 4) is 5.75 Å². The van der Waals surface area contributed by atoms with Gasteiger partial charge >= 0.3 is 5.97 Å². The summed E-state index contributed by atoms with van der Waals surface area (Å²) in [5, 5.41) is 0. The minimum absolute atomic E-state index is 0.00967. The molecule has 6 heteroatoms. The van der Waals surface area contributed by atoms with E-state index in [9.17, 15) is 14.4 Å². The van der Waals surface area contributed by atoms with Gasteiger partial charge in [0.1, 0.15) is 5.75 Å². The predicted octanol–water partition coefficient (Wildman–Crippen LogP) is 2.55. The van der Waals surface area contributed by atoms with Crippen LogP contribution in [0.3, 0.4) is 0 Å². The second-order valence-electron chi connectivity index (χ2n) is 6.51. The zero-order valence-electron chi connectivity index (χ0n) is 12.9. The Morgan fingerprint density at radius 2 is 1.67 bits per heavy atom. The summed E-state index contributed by atoms with van der Waals surface area (Å²) in [5.74, 6) is -0.300. The molecule has 0 unspecified atom stereocenters. The Bertz CT molecular complexity index is 712. The van der Waals surface area contributed by atoms with Gasteiger partial charge in [-0.1, -0.05) is 28.1 Å². The van der Waals surface area contributed by atoms with Gasteiger partial charge < -0.3 is 4.74 Å². The number of ether oxygens (including phenoxy) is 1. The van der Waals surface area contributed by atoms with E-state index in [1.165, 1.54) is 4.90 Å². The first-order valence-corrected chi connectivity index (χ1v) is 8.83. The van der Waals surface area contributed by atoms with Gasteiger partial charge in [-0.25, -0.2) is 0 Å². The van der Waals surface area contributed by atoms with Crippen molar-refractivity contribution < 1.29 is 19.1 Å². The largest absolute Gasteiger partial charge is 0.426 e. The average Bonchev–Trinajstić information content (AvgIpc) is 3.23. The zero-order chi connectivity index (χ0) is 16.8. The number of allylic oxidation sites excluding steroid dienone is 2. The quantitative estimate of drug-likeness (QED) is 0.343. The second kappa shape index (κ2) is 5.84. The number of rotatable bonds is 4. The number of fused-ring (bicyclic) bond motifs is 5. The van der Waals surface area contributed by atoms with Crippen molar-refractivity contribution in [1.29, 1.82) is 0 Å². The standard InChI is InChI=1S/C18H16BrNO4/c19-12-3-5-13(6-4-12)24-14(21)7-8-20-17(22)15-10-1-2-11(9-10)16(15)18(20)23/h1-6,10-11,15-16H,7-9H2/t10-,11-,15-,16+/m0/s1. The summed E-state index contributed by atoms with van der Waals surface area (Å²) in [4.78, 5) is 38.2. The van der Waals surface area contributed by atoms with E-state index >= 15 is 0 Å². The molecule has 0 aromatic heterocycles. The van der Waals surface area contributed by atoms with E-state index in [0.717, 1.165) is 10.9 Å². The molecule has 1 aliphatic heterocycles. The fourth-order valence-corrected chi connectivity index (χ4v) is 4.34. The number of carbonyl (C=O) groups excluding carboxylic acids is 3. The molecule has 124 valence electrons. The lowest BCUT2D eigenvalue weighted by molar-refractivity contribution is -0.142. The lowest BCUT2D eigenvalue weighted by Gasteiger charge is -2.16. The van der Waals surface area contributed by atoms with E-state index in [-0.39, 0.29) is 48.5 Å². The summed E-state index contributed by atoms with van der Waals surface area (Å²) >= 11 is 3.31. The number of amides is 2. The molecule has 1 aromatic rings. The summed E-state index contributed by atoms with van der Waals surface area (Å²) < 4.78 is 6.12. The number of carbonyl (C=O) groups is 3. The molecule has 1 aromatic carbocycles. The van der Waals surface area contributed by atoms with Crippen LogP contribution in [0.4, 0.5) is 0 Å². The van der Waals surface area contributed by atoms with Gasteiger partial charge in [-0.2, -0.15) is 0 Å². The highest BCUT2D eigenvalue weighted by Crippen LogP contribution is 2.52. The van der Waals surface area contributed by atoms with Gasteiger partial charge in [0.2, 0.25) is 11.8 Å². The lowest BCUT2D eigenvalue weighted by Crippen LogP contribution is -2.35. The molecule has 0 spiro atoms. The third-order valence-electron chi connectivity index (χ3n) is 5.15. The molecule has 1 saturated carbocycles. The number of halogens is 1. The van der Waals surface area contributed by atoms with E-state index in [0.29, 0.717) is 5.75 Å². The summed E-state index contributed by atoms with van der Waals surface area (Å²) in [6.07, 6.45) is 5.03. The van der Waals surface area contributed by atoms with Crippen LogP contribution in [0.15, 0.2) is 40.9 Å². The molecule has 2 bridgehead atoms. The van der Waals surface area contributed by atoms with Crippen LogP contribution in [-0.2, 0) is 14.4 Å². The van der Waals surface area contributed by atoms with Gasteiger partial charge in [0.15, 0.2) is 0 Å². The molecule has 2 amide bonds. The van der Waals surface area contributed by atoms with Crippen molar-refractivity contribution in [2.45, 2.75) is 12.8 Å².